The molecular formula is C11H20N4OS. The topological polar surface area (TPSA) is 58.1 Å². The van der Waals surface area contributed by atoms with Crippen molar-refractivity contribution in [2.24, 2.45) is 0 Å². The fourth-order valence-electron chi connectivity index (χ4n) is 1.10. The van der Waals surface area contributed by atoms with Crippen LogP contribution >= 0.6 is 11.5 Å². The van der Waals surface area contributed by atoms with Gasteiger partial charge in [0.05, 0.1) is 0 Å². The van der Waals surface area contributed by atoms with Gasteiger partial charge in [-0.2, -0.15) is 4.37 Å². The molecule has 1 amide bonds. The Kier molecular flexibility index (Phi) is 4.45. The first-order valence-corrected chi connectivity index (χ1v) is 6.36. The second-order valence-electron chi connectivity index (χ2n) is 5.14. The molecule has 0 atom stereocenters. The van der Waals surface area contributed by atoms with Gasteiger partial charge < -0.3 is 10.2 Å². The van der Waals surface area contributed by atoms with Crippen LogP contribution in [-0.2, 0) is 10.2 Å². The summed E-state index contributed by atoms with van der Waals surface area (Å²) in [6.07, 6.45) is 0.470. The van der Waals surface area contributed by atoms with Crippen LogP contribution in [0.4, 0.5) is 5.13 Å². The summed E-state index contributed by atoms with van der Waals surface area (Å²) < 4.78 is 4.29. The van der Waals surface area contributed by atoms with Crippen LogP contribution in [0.3, 0.4) is 0 Å². The van der Waals surface area contributed by atoms with Crippen LogP contribution < -0.4 is 5.32 Å². The average molecular weight is 256 g/mol. The van der Waals surface area contributed by atoms with Gasteiger partial charge in [-0.3, -0.25) is 4.79 Å². The lowest BCUT2D eigenvalue weighted by Crippen LogP contribution is -2.23. The Bertz CT molecular complexity index is 381. The highest BCUT2D eigenvalue weighted by Gasteiger charge is 2.19. The molecule has 6 heteroatoms. The van der Waals surface area contributed by atoms with Crippen LogP contribution in [0.1, 0.15) is 33.0 Å². The quantitative estimate of drug-likeness (QED) is 0.891. The fourth-order valence-corrected chi connectivity index (χ4v) is 1.88. The van der Waals surface area contributed by atoms with E-state index in [-0.39, 0.29) is 11.3 Å². The first kappa shape index (κ1) is 13.9. The third-order valence-corrected chi connectivity index (χ3v) is 2.88. The van der Waals surface area contributed by atoms with Crippen molar-refractivity contribution < 1.29 is 4.79 Å². The lowest BCUT2D eigenvalue weighted by atomic mass is 9.96. The number of rotatable bonds is 4. The van der Waals surface area contributed by atoms with E-state index in [0.717, 1.165) is 11.0 Å². The summed E-state index contributed by atoms with van der Waals surface area (Å²) >= 11 is 1.34. The fraction of sp³-hybridized carbons (Fsp3) is 0.727. The zero-order valence-electron chi connectivity index (χ0n) is 11.1. The lowest BCUT2D eigenvalue weighted by molar-refractivity contribution is -0.128. The Morgan fingerprint density at radius 2 is 2.06 bits per heavy atom. The van der Waals surface area contributed by atoms with Crippen molar-refractivity contribution in [3.63, 3.8) is 0 Å². The molecule has 1 aromatic heterocycles. The maximum Gasteiger partial charge on any atom is 0.223 e. The van der Waals surface area contributed by atoms with Crippen molar-refractivity contribution in [1.82, 2.24) is 14.3 Å². The zero-order valence-corrected chi connectivity index (χ0v) is 11.9. The molecule has 0 aliphatic carbocycles. The van der Waals surface area contributed by atoms with Crippen LogP contribution in [0.2, 0.25) is 0 Å². The summed E-state index contributed by atoms with van der Waals surface area (Å²) in [6.45, 7) is 6.83. The Morgan fingerprint density at radius 3 is 2.53 bits per heavy atom. The van der Waals surface area contributed by atoms with Crippen LogP contribution in [0, 0.1) is 0 Å². The summed E-state index contributed by atoms with van der Waals surface area (Å²) in [5, 5.41) is 3.90. The summed E-state index contributed by atoms with van der Waals surface area (Å²) in [5.41, 5.74) is -0.0319. The van der Waals surface area contributed by atoms with Gasteiger partial charge in [-0.25, -0.2) is 4.98 Å². The van der Waals surface area contributed by atoms with Crippen molar-refractivity contribution in [2.45, 2.75) is 32.6 Å². The molecule has 96 valence electrons. The second kappa shape index (κ2) is 5.44. The Balaban J connectivity index is 2.43. The number of hydrogen-bond acceptors (Lipinski definition) is 5. The summed E-state index contributed by atoms with van der Waals surface area (Å²) in [7, 11) is 3.51. The van der Waals surface area contributed by atoms with E-state index in [1.54, 1.807) is 19.0 Å². The average Bonchev–Trinajstić information content (AvgIpc) is 2.65. The van der Waals surface area contributed by atoms with Gasteiger partial charge in [-0.05, 0) is 0 Å². The minimum absolute atomic E-state index is 0.0319. The number of carbonyl (C=O) groups is 1. The van der Waals surface area contributed by atoms with E-state index in [4.69, 9.17) is 0 Å². The molecule has 1 aromatic rings. The number of nitrogens with one attached hydrogen (secondary N) is 1. The van der Waals surface area contributed by atoms with E-state index in [1.807, 2.05) is 0 Å². The van der Waals surface area contributed by atoms with Gasteiger partial charge in [0.2, 0.25) is 11.0 Å². The van der Waals surface area contributed by atoms with E-state index in [9.17, 15) is 4.79 Å². The number of hydrogen-bond donors (Lipinski definition) is 1. The van der Waals surface area contributed by atoms with Crippen molar-refractivity contribution in [1.29, 1.82) is 0 Å². The standard InChI is InChI=1S/C11H20N4OS/c1-11(2,3)9-13-10(17-14-9)12-7-6-8(16)15(4)5/h6-7H2,1-5H3,(H,12,13,14). The smallest absolute Gasteiger partial charge is 0.223 e. The van der Waals surface area contributed by atoms with E-state index in [2.05, 4.69) is 35.4 Å². The molecule has 1 N–H and O–H groups in total. The minimum Gasteiger partial charge on any atom is -0.360 e. The monoisotopic (exact) mass is 256 g/mol. The minimum atomic E-state index is -0.0319. The molecule has 0 aromatic carbocycles. The summed E-state index contributed by atoms with van der Waals surface area (Å²) in [6, 6.07) is 0. The Morgan fingerprint density at radius 1 is 1.41 bits per heavy atom. The van der Waals surface area contributed by atoms with Crippen LogP contribution in [0.5, 0.6) is 0 Å². The van der Waals surface area contributed by atoms with Gasteiger partial charge in [0.25, 0.3) is 0 Å². The molecule has 0 radical (unpaired) electrons. The number of nitrogens with zero attached hydrogens (tertiary/aromatic N) is 3. The van der Waals surface area contributed by atoms with Gasteiger partial charge in [0, 0.05) is 44.0 Å². The third kappa shape index (κ3) is 4.30. The molecule has 0 unspecified atom stereocenters. The largest absolute Gasteiger partial charge is 0.360 e. The lowest BCUT2D eigenvalue weighted by Gasteiger charge is -2.12. The van der Waals surface area contributed by atoms with E-state index < -0.39 is 0 Å². The van der Waals surface area contributed by atoms with E-state index in [1.165, 1.54) is 11.5 Å². The van der Waals surface area contributed by atoms with Crippen LogP contribution in [-0.4, -0.2) is 40.8 Å². The molecular weight excluding hydrogens is 236 g/mol. The molecule has 0 aliphatic rings. The van der Waals surface area contributed by atoms with Gasteiger partial charge in [-0.15, -0.1) is 0 Å². The molecule has 17 heavy (non-hydrogen) atoms. The number of amides is 1. The zero-order chi connectivity index (χ0) is 13.1. The highest BCUT2D eigenvalue weighted by molar-refractivity contribution is 7.09. The van der Waals surface area contributed by atoms with E-state index >= 15 is 0 Å². The Hall–Kier alpha value is -1.17. The van der Waals surface area contributed by atoms with Gasteiger partial charge in [0.15, 0.2) is 0 Å². The van der Waals surface area contributed by atoms with Crippen LogP contribution in [0.25, 0.3) is 0 Å². The summed E-state index contributed by atoms with van der Waals surface area (Å²) in [5.74, 6) is 0.946. The maximum absolute atomic E-state index is 11.4. The van der Waals surface area contributed by atoms with Crippen molar-refractivity contribution in [3.8, 4) is 0 Å². The predicted octanol–water partition coefficient (Wildman–Crippen LogP) is 1.73. The molecule has 0 saturated carbocycles. The molecule has 0 aliphatic heterocycles. The van der Waals surface area contributed by atoms with Crippen LogP contribution in [0.15, 0.2) is 0 Å². The Labute approximate surface area is 106 Å². The second-order valence-corrected chi connectivity index (χ2v) is 5.89. The number of anilines is 1. The highest BCUT2D eigenvalue weighted by Crippen LogP contribution is 2.22. The van der Waals surface area contributed by atoms with Gasteiger partial charge >= 0.3 is 0 Å². The number of aromatic nitrogens is 2. The molecule has 1 rings (SSSR count). The maximum atomic E-state index is 11.4. The molecule has 0 saturated heterocycles. The summed E-state index contributed by atoms with van der Waals surface area (Å²) in [4.78, 5) is 17.3. The third-order valence-electron chi connectivity index (χ3n) is 2.21. The van der Waals surface area contributed by atoms with E-state index in [0.29, 0.717) is 13.0 Å². The van der Waals surface area contributed by atoms with Gasteiger partial charge in [-0.1, -0.05) is 20.8 Å². The molecule has 5 nitrogen and oxygen atoms in total. The normalized spacial score (nSPS) is 11.4. The first-order valence-electron chi connectivity index (χ1n) is 5.59. The molecule has 0 bridgehead atoms. The van der Waals surface area contributed by atoms with Crippen molar-refractivity contribution >= 4 is 22.6 Å². The SMILES string of the molecule is CN(C)C(=O)CCNc1nc(C(C)(C)C)ns1. The van der Waals surface area contributed by atoms with Crippen molar-refractivity contribution in [3.05, 3.63) is 5.82 Å². The highest BCUT2D eigenvalue weighted by atomic mass is 32.1. The predicted molar refractivity (Wildman–Crippen MR) is 70.4 cm³/mol. The van der Waals surface area contributed by atoms with Crippen molar-refractivity contribution in [2.75, 3.05) is 26.0 Å². The number of carbonyl (C=O) groups excluding carboxylic acids is 1. The molecule has 1 heterocycles. The molecule has 0 spiro atoms. The first-order chi connectivity index (χ1) is 7.80. The molecule has 0 fully saturated rings. The van der Waals surface area contributed by atoms with Gasteiger partial charge in [0.1, 0.15) is 5.82 Å².